The number of para-hydroxylation sites is 1. The number of hydrogen-bond acceptors (Lipinski definition) is 4. The lowest BCUT2D eigenvalue weighted by atomic mass is 9.90. The number of rotatable bonds is 5. The van der Waals surface area contributed by atoms with E-state index in [0.717, 1.165) is 55.3 Å². The average Bonchev–Trinajstić information content (AvgIpc) is 3.66. The molecule has 0 N–H and O–H groups in total. The van der Waals surface area contributed by atoms with Crippen LogP contribution in [0.25, 0.3) is 111 Å². The zero-order chi connectivity index (χ0) is 36.3. The first-order valence-electron chi connectivity index (χ1n) is 18.5. The summed E-state index contributed by atoms with van der Waals surface area (Å²) < 4.78 is 6.59. The Hall–Kier alpha value is -7.43. The molecule has 55 heavy (non-hydrogen) atoms. The van der Waals surface area contributed by atoms with Gasteiger partial charge in [0.25, 0.3) is 0 Å². The number of fused-ring (bicyclic) bond motifs is 8. The van der Waals surface area contributed by atoms with Gasteiger partial charge in [-0.25, -0.2) is 15.0 Å². The van der Waals surface area contributed by atoms with Gasteiger partial charge in [0, 0.05) is 33.0 Å². The van der Waals surface area contributed by atoms with E-state index >= 15 is 0 Å². The van der Waals surface area contributed by atoms with Crippen LogP contribution in [0.5, 0.6) is 0 Å². The highest BCUT2D eigenvalue weighted by Crippen LogP contribution is 2.42. The Morgan fingerprint density at radius 2 is 0.836 bits per heavy atom. The minimum absolute atomic E-state index is 0.594. The molecule has 0 aliphatic carbocycles. The highest BCUT2D eigenvalue weighted by atomic mass is 16.3. The van der Waals surface area contributed by atoms with Crippen molar-refractivity contribution in [3.63, 3.8) is 0 Å². The molecule has 2 heterocycles. The summed E-state index contributed by atoms with van der Waals surface area (Å²) in [5.41, 5.74) is 8.81. The summed E-state index contributed by atoms with van der Waals surface area (Å²) in [5.74, 6) is 1.82. The Morgan fingerprint density at radius 1 is 0.309 bits per heavy atom. The largest absolute Gasteiger partial charge is 0.455 e. The van der Waals surface area contributed by atoms with Crippen LogP contribution < -0.4 is 0 Å². The van der Waals surface area contributed by atoms with E-state index in [-0.39, 0.29) is 0 Å². The third-order valence-corrected chi connectivity index (χ3v) is 10.7. The molecule has 9 aromatic carbocycles. The van der Waals surface area contributed by atoms with Gasteiger partial charge in [-0.2, -0.15) is 0 Å². The molecule has 256 valence electrons. The average molecular weight is 702 g/mol. The number of benzene rings is 9. The zero-order valence-corrected chi connectivity index (χ0v) is 29.6. The van der Waals surface area contributed by atoms with Gasteiger partial charge in [0.15, 0.2) is 17.5 Å². The maximum absolute atomic E-state index is 6.59. The van der Waals surface area contributed by atoms with E-state index in [2.05, 4.69) is 133 Å². The molecule has 0 spiro atoms. The molecular formula is C51H31N3O. The number of nitrogens with zero attached hydrogens (tertiary/aromatic N) is 3. The van der Waals surface area contributed by atoms with Gasteiger partial charge in [0.2, 0.25) is 0 Å². The first-order chi connectivity index (χ1) is 27.3. The Bertz CT molecular complexity index is 3240. The molecule has 11 aromatic rings. The second-order valence-electron chi connectivity index (χ2n) is 13.9. The molecule has 0 bridgehead atoms. The second-order valence-corrected chi connectivity index (χ2v) is 13.9. The van der Waals surface area contributed by atoms with Crippen LogP contribution in [0, 0.1) is 0 Å². The summed E-state index contributed by atoms with van der Waals surface area (Å²) in [6.45, 7) is 0. The molecule has 0 saturated heterocycles. The smallest absolute Gasteiger partial charge is 0.164 e. The molecular weight excluding hydrogens is 671 g/mol. The van der Waals surface area contributed by atoms with Crippen molar-refractivity contribution >= 4 is 54.3 Å². The Labute approximate surface area is 317 Å². The van der Waals surface area contributed by atoms with Crippen molar-refractivity contribution in [3.05, 3.63) is 188 Å². The van der Waals surface area contributed by atoms with Crippen LogP contribution in [0.1, 0.15) is 0 Å². The van der Waals surface area contributed by atoms with Gasteiger partial charge in [-0.3, -0.25) is 0 Å². The summed E-state index contributed by atoms with van der Waals surface area (Å²) in [5, 5.41) is 9.52. The van der Waals surface area contributed by atoms with E-state index in [9.17, 15) is 0 Å². The van der Waals surface area contributed by atoms with E-state index in [1.165, 1.54) is 37.9 Å². The maximum atomic E-state index is 6.59. The number of hydrogen-bond donors (Lipinski definition) is 0. The van der Waals surface area contributed by atoms with Gasteiger partial charge in [-0.15, -0.1) is 0 Å². The van der Waals surface area contributed by atoms with Crippen molar-refractivity contribution in [3.8, 4) is 56.4 Å². The topological polar surface area (TPSA) is 51.8 Å². The third kappa shape index (κ3) is 5.19. The molecule has 4 nitrogen and oxygen atoms in total. The molecule has 4 heteroatoms. The lowest BCUT2D eigenvalue weighted by Gasteiger charge is -2.14. The van der Waals surface area contributed by atoms with Crippen LogP contribution >= 0.6 is 0 Å². The molecule has 0 fully saturated rings. The van der Waals surface area contributed by atoms with Crippen molar-refractivity contribution in [1.82, 2.24) is 15.0 Å². The predicted molar refractivity (Wildman–Crippen MR) is 227 cm³/mol. The van der Waals surface area contributed by atoms with E-state index in [1.54, 1.807) is 0 Å². The summed E-state index contributed by atoms with van der Waals surface area (Å²) in [4.78, 5) is 15.4. The Balaban J connectivity index is 1.08. The quantitative estimate of drug-likeness (QED) is 0.168. The lowest BCUT2D eigenvalue weighted by molar-refractivity contribution is 0.670. The molecule has 0 amide bonds. The van der Waals surface area contributed by atoms with Crippen LogP contribution in [0.3, 0.4) is 0 Å². The van der Waals surface area contributed by atoms with Crippen molar-refractivity contribution in [1.29, 1.82) is 0 Å². The molecule has 0 aliphatic rings. The lowest BCUT2D eigenvalue weighted by Crippen LogP contribution is -2.00. The molecule has 0 saturated carbocycles. The minimum atomic E-state index is 0.594. The molecule has 0 aliphatic heterocycles. The summed E-state index contributed by atoms with van der Waals surface area (Å²) in [7, 11) is 0. The first kappa shape index (κ1) is 31.1. The van der Waals surface area contributed by atoms with Crippen LogP contribution in [-0.2, 0) is 0 Å². The van der Waals surface area contributed by atoms with Gasteiger partial charge in [-0.1, -0.05) is 164 Å². The maximum Gasteiger partial charge on any atom is 0.164 e. The van der Waals surface area contributed by atoms with Crippen molar-refractivity contribution in [2.45, 2.75) is 0 Å². The van der Waals surface area contributed by atoms with E-state index in [1.807, 2.05) is 54.6 Å². The molecule has 2 aromatic heterocycles. The van der Waals surface area contributed by atoms with E-state index in [4.69, 9.17) is 19.4 Å². The molecule has 11 rings (SSSR count). The Kier molecular flexibility index (Phi) is 7.14. The van der Waals surface area contributed by atoms with E-state index in [0.29, 0.717) is 17.5 Å². The van der Waals surface area contributed by atoms with Gasteiger partial charge in [-0.05, 0) is 73.3 Å². The molecule has 0 atom stereocenters. The van der Waals surface area contributed by atoms with Gasteiger partial charge < -0.3 is 4.42 Å². The van der Waals surface area contributed by atoms with Crippen LogP contribution in [0.2, 0.25) is 0 Å². The first-order valence-corrected chi connectivity index (χ1v) is 18.5. The number of aromatic nitrogens is 3. The summed E-state index contributed by atoms with van der Waals surface area (Å²) in [6, 6.07) is 65.7. The third-order valence-electron chi connectivity index (χ3n) is 10.7. The number of furan rings is 1. The normalized spacial score (nSPS) is 11.6. The fraction of sp³-hybridized carbons (Fsp3) is 0. The van der Waals surface area contributed by atoms with Crippen molar-refractivity contribution in [2.75, 3.05) is 0 Å². The molecule has 0 radical (unpaired) electrons. The minimum Gasteiger partial charge on any atom is -0.455 e. The fourth-order valence-corrected chi connectivity index (χ4v) is 8.12. The molecule has 0 unspecified atom stereocenters. The van der Waals surface area contributed by atoms with Gasteiger partial charge in [0.1, 0.15) is 11.2 Å². The monoisotopic (exact) mass is 701 g/mol. The van der Waals surface area contributed by atoms with Crippen LogP contribution in [0.4, 0.5) is 0 Å². The van der Waals surface area contributed by atoms with Gasteiger partial charge >= 0.3 is 0 Å². The van der Waals surface area contributed by atoms with Crippen molar-refractivity contribution < 1.29 is 4.42 Å². The van der Waals surface area contributed by atoms with Gasteiger partial charge in [0.05, 0.1) is 0 Å². The highest BCUT2D eigenvalue weighted by molar-refractivity contribution is 6.23. The highest BCUT2D eigenvalue weighted by Gasteiger charge is 2.21. The fourth-order valence-electron chi connectivity index (χ4n) is 8.12. The standard InChI is InChI=1S/C51H31N3O/c1-3-13-32(14-4-1)39-29-30-43(47-42-21-11-12-22-45(42)55-48(39)47)51-53-49(35-16-5-2-6-17-35)52-50(54-51)36-26-23-34(24-27-36)44-31-37-28-25-33-15-7-8-18-38(33)46(37)41-20-10-9-19-40(41)44/h1-31H. The van der Waals surface area contributed by atoms with E-state index < -0.39 is 0 Å². The SMILES string of the molecule is c1ccc(-c2nc(-c3ccc(-c4cc5ccc6ccccc6c5c5ccccc45)cc3)nc(-c3ccc(-c4ccccc4)c4oc5ccccc5c34)n2)cc1. The summed E-state index contributed by atoms with van der Waals surface area (Å²) >= 11 is 0. The van der Waals surface area contributed by atoms with Crippen molar-refractivity contribution in [2.24, 2.45) is 0 Å². The Morgan fingerprint density at radius 3 is 1.60 bits per heavy atom. The van der Waals surface area contributed by atoms with Crippen LogP contribution in [-0.4, -0.2) is 15.0 Å². The second kappa shape index (κ2) is 12.6. The zero-order valence-electron chi connectivity index (χ0n) is 29.6. The summed E-state index contributed by atoms with van der Waals surface area (Å²) in [6.07, 6.45) is 0. The van der Waals surface area contributed by atoms with Crippen LogP contribution in [0.15, 0.2) is 192 Å². The predicted octanol–water partition coefficient (Wildman–Crippen LogP) is 13.6.